The van der Waals surface area contributed by atoms with Gasteiger partial charge in [-0.15, -0.1) is 0 Å². The summed E-state index contributed by atoms with van der Waals surface area (Å²) in [5.41, 5.74) is 1.85. The molecule has 9 nitrogen and oxygen atoms in total. The van der Waals surface area contributed by atoms with Gasteiger partial charge in [-0.3, -0.25) is 19.3 Å². The van der Waals surface area contributed by atoms with Crippen molar-refractivity contribution in [1.82, 2.24) is 9.88 Å². The normalized spacial score (nSPS) is 25.3. The van der Waals surface area contributed by atoms with Gasteiger partial charge in [-0.1, -0.05) is 43.3 Å². The van der Waals surface area contributed by atoms with Gasteiger partial charge in [-0.25, -0.2) is 0 Å². The molecule has 7 rings (SSSR count). The smallest absolute Gasteiger partial charge is 0.268 e. The number of fused-ring (bicyclic) bond motifs is 3. The number of likely N-dealkylation sites (tertiary alicyclic amines) is 1. The summed E-state index contributed by atoms with van der Waals surface area (Å²) in [6.07, 6.45) is 2.57. The first-order chi connectivity index (χ1) is 23.0. The Morgan fingerprint density at radius 1 is 1.10 bits per heavy atom. The number of carbonyl (C=O) groups is 3. The highest BCUT2D eigenvalue weighted by Gasteiger charge is 2.67. The fourth-order valence-electron chi connectivity index (χ4n) is 8.38. The third-order valence-electron chi connectivity index (χ3n) is 10.5. The molecule has 48 heavy (non-hydrogen) atoms. The van der Waals surface area contributed by atoms with E-state index >= 15 is 4.11 Å². The number of aliphatic hydroxyl groups excluding tert-OH is 1. The molecule has 3 aliphatic heterocycles. The van der Waals surface area contributed by atoms with Crippen LogP contribution in [0.2, 0.25) is 18.6 Å². The Morgan fingerprint density at radius 3 is 2.60 bits per heavy atom. The molecule has 4 aromatic rings. The molecule has 1 spiro atoms. The van der Waals surface area contributed by atoms with Gasteiger partial charge in [-0.2, -0.15) is 0 Å². The number of hydrogen-bond donors (Lipinski definition) is 3. The Morgan fingerprint density at radius 2 is 1.85 bits per heavy atom. The Kier molecular flexibility index (Phi) is 8.25. The largest absolute Gasteiger partial charge is 0.394 e. The fourth-order valence-corrected chi connectivity index (χ4v) is 10.9. The highest BCUT2D eigenvalue weighted by molar-refractivity contribution is 6.72. The SMILES string of the molecule is C[C@H]1[C@H]([Si](C)(C)F)[C@@H](CC(=O)N2CCC[C@H]2CO)O[C@]12C(=O)N(c1ccccc1)c1ccc(NC(=O)Cc3c[nH]c4ccccc34)cc12. The van der Waals surface area contributed by atoms with Crippen LogP contribution in [0.4, 0.5) is 21.2 Å². The second-order valence-electron chi connectivity index (χ2n) is 13.8. The lowest BCUT2D eigenvalue weighted by Gasteiger charge is -2.31. The number of H-pyrrole nitrogens is 1. The minimum Gasteiger partial charge on any atom is -0.394 e. The summed E-state index contributed by atoms with van der Waals surface area (Å²) >= 11 is 0. The summed E-state index contributed by atoms with van der Waals surface area (Å²) in [7, 11) is -3.52. The van der Waals surface area contributed by atoms with E-state index in [0.717, 1.165) is 22.9 Å². The van der Waals surface area contributed by atoms with Crippen molar-refractivity contribution in [3.05, 3.63) is 90.1 Å². The third-order valence-corrected chi connectivity index (χ3v) is 12.9. The topological polar surface area (TPSA) is 115 Å². The van der Waals surface area contributed by atoms with Crippen LogP contribution in [0.25, 0.3) is 10.9 Å². The summed E-state index contributed by atoms with van der Waals surface area (Å²) < 4.78 is 23.2. The average Bonchev–Trinajstić information content (AvgIpc) is 3.82. The van der Waals surface area contributed by atoms with Crippen molar-refractivity contribution < 1.29 is 28.3 Å². The molecule has 0 bridgehead atoms. The van der Waals surface area contributed by atoms with Crippen molar-refractivity contribution in [1.29, 1.82) is 0 Å². The van der Waals surface area contributed by atoms with Crippen LogP contribution in [0.1, 0.15) is 37.3 Å². The van der Waals surface area contributed by atoms with E-state index in [0.29, 0.717) is 35.6 Å². The van der Waals surface area contributed by atoms with E-state index < -0.39 is 31.6 Å². The Labute approximate surface area is 280 Å². The Hall–Kier alpha value is -4.32. The lowest BCUT2D eigenvalue weighted by Crippen LogP contribution is -2.44. The van der Waals surface area contributed by atoms with Gasteiger partial charge in [0.05, 0.1) is 37.3 Å². The number of anilines is 3. The summed E-state index contributed by atoms with van der Waals surface area (Å²) in [6.45, 7) is 5.48. The van der Waals surface area contributed by atoms with Crippen LogP contribution in [-0.2, 0) is 31.1 Å². The number of nitrogens with zero attached hydrogens (tertiary/aromatic N) is 2. The average molecular weight is 669 g/mol. The van der Waals surface area contributed by atoms with Gasteiger partial charge in [0.15, 0.2) is 5.60 Å². The second kappa shape index (κ2) is 12.3. The first-order valence-electron chi connectivity index (χ1n) is 16.7. The molecule has 3 amide bonds. The van der Waals surface area contributed by atoms with Gasteiger partial charge in [0.25, 0.3) is 5.91 Å². The zero-order chi connectivity index (χ0) is 33.8. The van der Waals surface area contributed by atoms with Crippen LogP contribution >= 0.6 is 0 Å². The number of para-hydroxylation sites is 2. The molecule has 250 valence electrons. The van der Waals surface area contributed by atoms with Crippen molar-refractivity contribution in [3.8, 4) is 0 Å². The number of carbonyl (C=O) groups excluding carboxylic acids is 3. The summed E-state index contributed by atoms with van der Waals surface area (Å²) in [5, 5.41) is 13.8. The molecule has 5 atom stereocenters. The molecule has 4 heterocycles. The van der Waals surface area contributed by atoms with Crippen LogP contribution in [0, 0.1) is 5.92 Å². The minimum absolute atomic E-state index is 0.0807. The number of halogens is 1. The van der Waals surface area contributed by atoms with Gasteiger partial charge in [0.1, 0.15) is 0 Å². The zero-order valence-electron chi connectivity index (χ0n) is 27.4. The Balaban J connectivity index is 1.26. The first kappa shape index (κ1) is 32.2. The molecule has 0 aliphatic carbocycles. The van der Waals surface area contributed by atoms with E-state index in [-0.39, 0.29) is 43.2 Å². The minimum atomic E-state index is -3.52. The molecule has 3 aromatic carbocycles. The van der Waals surface area contributed by atoms with Gasteiger partial charge in [-0.05, 0) is 67.9 Å². The standard InChI is InChI=1S/C37H41FN4O5Si/c1-23-35(48(2,3)38)32(20-34(45)41-17-9-12-27(41)22-43)47-37(23)29-19-25(15-16-31(29)42(36(37)46)26-10-5-4-6-11-26)40-33(44)18-24-21-39-30-14-8-7-13-28(24)30/h4-8,10-11,13-16,19,21,23,27,32,35,39,43H,9,12,17-18,20,22H2,1-3H3,(H,40,44)/t23-,27-,32+,35-,37+/m0/s1. The summed E-state index contributed by atoms with van der Waals surface area (Å²) in [4.78, 5) is 48.3. The number of aromatic amines is 1. The van der Waals surface area contributed by atoms with Crippen LogP contribution < -0.4 is 10.2 Å². The number of hydrogen-bond acceptors (Lipinski definition) is 5. The highest BCUT2D eigenvalue weighted by Crippen LogP contribution is 2.61. The fraction of sp³-hybridized carbons (Fsp3) is 0.378. The summed E-state index contributed by atoms with van der Waals surface area (Å²) in [6, 6.07) is 22.1. The molecule has 11 heteroatoms. The molecule has 0 radical (unpaired) electrons. The van der Waals surface area contributed by atoms with Crippen LogP contribution in [0.5, 0.6) is 0 Å². The molecular weight excluding hydrogens is 628 g/mol. The van der Waals surface area contributed by atoms with Crippen LogP contribution in [-0.4, -0.2) is 66.4 Å². The van der Waals surface area contributed by atoms with Gasteiger partial charge >= 0.3 is 0 Å². The predicted octanol–water partition coefficient (Wildman–Crippen LogP) is 6.18. The van der Waals surface area contributed by atoms with E-state index in [9.17, 15) is 19.5 Å². The molecule has 3 N–H and O–H groups in total. The van der Waals surface area contributed by atoms with E-state index in [1.54, 1.807) is 41.1 Å². The van der Waals surface area contributed by atoms with E-state index in [4.69, 9.17) is 4.74 Å². The van der Waals surface area contributed by atoms with Crippen molar-refractivity contribution in [3.63, 3.8) is 0 Å². The molecule has 2 fully saturated rings. The number of aliphatic hydroxyl groups is 1. The van der Waals surface area contributed by atoms with Crippen molar-refractivity contribution >= 4 is 54.1 Å². The van der Waals surface area contributed by atoms with Gasteiger partial charge in [0.2, 0.25) is 20.2 Å². The molecular formula is C37H41FN4O5Si. The number of amides is 3. The van der Waals surface area contributed by atoms with Crippen molar-refractivity contribution in [2.75, 3.05) is 23.4 Å². The molecule has 0 unspecified atom stereocenters. The lowest BCUT2D eigenvalue weighted by molar-refractivity contribution is -0.149. The molecule has 0 saturated carbocycles. The predicted molar refractivity (Wildman–Crippen MR) is 185 cm³/mol. The van der Waals surface area contributed by atoms with Gasteiger partial charge in [0, 0.05) is 52.0 Å². The first-order valence-corrected chi connectivity index (χ1v) is 19.6. The number of nitrogens with one attached hydrogen (secondary N) is 2. The van der Waals surface area contributed by atoms with Crippen molar-refractivity contribution in [2.24, 2.45) is 5.92 Å². The van der Waals surface area contributed by atoms with Crippen LogP contribution in [0.15, 0.2) is 79.0 Å². The maximum absolute atomic E-state index is 16.4. The number of ether oxygens (including phenoxy) is 1. The molecule has 1 aromatic heterocycles. The van der Waals surface area contributed by atoms with E-state index in [1.807, 2.05) is 67.7 Å². The number of rotatable bonds is 8. The van der Waals surface area contributed by atoms with E-state index in [1.165, 1.54) is 0 Å². The molecule has 2 saturated heterocycles. The maximum atomic E-state index is 16.4. The van der Waals surface area contributed by atoms with Crippen LogP contribution in [0.3, 0.4) is 0 Å². The summed E-state index contributed by atoms with van der Waals surface area (Å²) in [5.74, 6) is -1.37. The number of benzene rings is 3. The number of aromatic nitrogens is 1. The Bertz CT molecular complexity index is 1880. The maximum Gasteiger partial charge on any atom is 0.268 e. The second-order valence-corrected chi connectivity index (χ2v) is 17.6. The quantitative estimate of drug-likeness (QED) is 0.153. The van der Waals surface area contributed by atoms with E-state index in [2.05, 4.69) is 10.3 Å². The third kappa shape index (κ3) is 5.34. The zero-order valence-corrected chi connectivity index (χ0v) is 28.4. The highest BCUT2D eigenvalue weighted by atomic mass is 28.4. The van der Waals surface area contributed by atoms with Crippen molar-refractivity contribution in [2.45, 2.75) is 69.0 Å². The molecule has 3 aliphatic rings. The lowest BCUT2D eigenvalue weighted by atomic mass is 9.82. The van der Waals surface area contributed by atoms with Gasteiger partial charge < -0.3 is 29.2 Å². The monoisotopic (exact) mass is 668 g/mol.